The minimum absolute atomic E-state index is 0.00513. The average Bonchev–Trinajstić information content (AvgIpc) is 2.46. The van der Waals surface area contributed by atoms with Crippen molar-refractivity contribution in [3.63, 3.8) is 0 Å². The SMILES string of the molecule is O=C1c2c3cc(O)cc2OS(=O)(=O)OC(O3)C1c1ccc(O)cc1. The predicted molar refractivity (Wildman–Crippen MR) is 78.3 cm³/mol. The molecular formula is C15H10O8S. The van der Waals surface area contributed by atoms with Crippen LogP contribution in [0.1, 0.15) is 21.8 Å². The average molecular weight is 350 g/mol. The molecule has 3 aliphatic rings. The van der Waals surface area contributed by atoms with Gasteiger partial charge in [0.25, 0.3) is 0 Å². The summed E-state index contributed by atoms with van der Waals surface area (Å²) in [6, 6.07) is 7.85. The summed E-state index contributed by atoms with van der Waals surface area (Å²) in [6.07, 6.45) is -1.49. The number of rotatable bonds is 1. The second-order valence-corrected chi connectivity index (χ2v) is 6.50. The third-order valence-electron chi connectivity index (χ3n) is 3.75. The topological polar surface area (TPSA) is 119 Å². The molecule has 9 heteroatoms. The van der Waals surface area contributed by atoms with Crippen LogP contribution in [0, 0.1) is 0 Å². The number of benzene rings is 2. The van der Waals surface area contributed by atoms with E-state index in [4.69, 9.17) is 13.1 Å². The van der Waals surface area contributed by atoms with Gasteiger partial charge in [0.15, 0.2) is 11.5 Å². The molecule has 24 heavy (non-hydrogen) atoms. The number of phenols is 2. The molecule has 0 amide bonds. The first kappa shape index (κ1) is 14.8. The fourth-order valence-corrected chi connectivity index (χ4v) is 3.53. The Labute approximate surface area is 136 Å². The summed E-state index contributed by atoms with van der Waals surface area (Å²) in [4.78, 5) is 12.9. The highest BCUT2D eigenvalue weighted by molar-refractivity contribution is 7.82. The molecule has 0 aliphatic carbocycles. The van der Waals surface area contributed by atoms with E-state index < -0.39 is 28.4 Å². The van der Waals surface area contributed by atoms with E-state index in [1.807, 2.05) is 0 Å². The van der Waals surface area contributed by atoms with Gasteiger partial charge in [-0.1, -0.05) is 12.1 Å². The summed E-state index contributed by atoms with van der Waals surface area (Å²) >= 11 is 0. The van der Waals surface area contributed by atoms with Gasteiger partial charge in [0.05, 0.1) is 0 Å². The Kier molecular flexibility index (Phi) is 2.99. The molecule has 2 N–H and O–H groups in total. The van der Waals surface area contributed by atoms with Gasteiger partial charge < -0.3 is 19.1 Å². The second-order valence-electron chi connectivity index (χ2n) is 5.32. The van der Waals surface area contributed by atoms with Gasteiger partial charge in [0, 0.05) is 12.1 Å². The predicted octanol–water partition coefficient (Wildman–Crippen LogP) is 1.44. The van der Waals surface area contributed by atoms with Crippen LogP contribution in [0.5, 0.6) is 23.0 Å². The molecule has 2 atom stereocenters. The van der Waals surface area contributed by atoms with Crippen molar-refractivity contribution >= 4 is 16.2 Å². The largest absolute Gasteiger partial charge is 0.508 e. The molecule has 0 aromatic heterocycles. The van der Waals surface area contributed by atoms with Gasteiger partial charge in [-0.25, -0.2) is 0 Å². The van der Waals surface area contributed by atoms with Gasteiger partial charge in [-0.2, -0.15) is 12.6 Å². The first-order chi connectivity index (χ1) is 11.3. The van der Waals surface area contributed by atoms with Gasteiger partial charge in [0.2, 0.25) is 6.29 Å². The maximum Gasteiger partial charge on any atom is 0.452 e. The van der Waals surface area contributed by atoms with Gasteiger partial charge in [0.1, 0.15) is 28.7 Å². The van der Waals surface area contributed by atoms with E-state index >= 15 is 0 Å². The highest BCUT2D eigenvalue weighted by Crippen LogP contribution is 2.46. The molecule has 2 aromatic carbocycles. The summed E-state index contributed by atoms with van der Waals surface area (Å²) in [5, 5.41) is 19.0. The van der Waals surface area contributed by atoms with Crippen LogP contribution in [-0.4, -0.2) is 30.7 Å². The molecule has 4 bridgehead atoms. The van der Waals surface area contributed by atoms with E-state index in [2.05, 4.69) is 0 Å². The number of ketones is 1. The zero-order chi connectivity index (χ0) is 17.1. The second kappa shape index (κ2) is 4.86. The molecule has 5 rings (SSSR count). The van der Waals surface area contributed by atoms with Crippen molar-refractivity contribution in [3.05, 3.63) is 47.5 Å². The van der Waals surface area contributed by atoms with Gasteiger partial charge in [-0.3, -0.25) is 4.79 Å². The Balaban J connectivity index is 1.94. The minimum Gasteiger partial charge on any atom is -0.508 e. The fourth-order valence-electron chi connectivity index (χ4n) is 2.76. The number of carbonyl (C=O) groups excluding carboxylic acids is 1. The maximum atomic E-state index is 12.9. The van der Waals surface area contributed by atoms with Crippen molar-refractivity contribution in [3.8, 4) is 23.0 Å². The van der Waals surface area contributed by atoms with Crippen LogP contribution in [0.4, 0.5) is 0 Å². The smallest absolute Gasteiger partial charge is 0.452 e. The first-order valence-electron chi connectivity index (χ1n) is 6.83. The van der Waals surface area contributed by atoms with Crippen molar-refractivity contribution < 1.29 is 36.5 Å². The van der Waals surface area contributed by atoms with E-state index in [0.717, 1.165) is 6.07 Å². The standard InChI is InChI=1S/C15H10O8S/c16-8-3-1-7(2-4-8)12-14(18)13-10-5-9(17)6-11(13)22-24(19,20)23-15(12)21-10/h1-6,12,15-17H. The third-order valence-corrected chi connectivity index (χ3v) is 4.56. The molecule has 3 aliphatic heterocycles. The quantitative estimate of drug-likeness (QED) is 0.793. The Morgan fingerprint density at radius 1 is 0.958 bits per heavy atom. The van der Waals surface area contributed by atoms with E-state index in [0.29, 0.717) is 5.56 Å². The maximum absolute atomic E-state index is 12.9. The molecule has 8 nitrogen and oxygen atoms in total. The van der Waals surface area contributed by atoms with E-state index in [9.17, 15) is 23.4 Å². The van der Waals surface area contributed by atoms with Crippen molar-refractivity contribution in [2.45, 2.75) is 12.2 Å². The summed E-state index contributed by atoms with van der Waals surface area (Å²) in [5.41, 5.74) is 0.318. The third kappa shape index (κ3) is 2.25. The van der Waals surface area contributed by atoms with Crippen LogP contribution in [0.25, 0.3) is 0 Å². The van der Waals surface area contributed by atoms with Crippen molar-refractivity contribution in [1.29, 1.82) is 0 Å². The van der Waals surface area contributed by atoms with Crippen molar-refractivity contribution in [2.75, 3.05) is 0 Å². The number of aromatic hydroxyl groups is 2. The zero-order valence-electron chi connectivity index (χ0n) is 11.9. The lowest BCUT2D eigenvalue weighted by atomic mass is 9.87. The minimum atomic E-state index is -4.49. The van der Waals surface area contributed by atoms with Crippen LogP contribution in [0.3, 0.4) is 0 Å². The summed E-state index contributed by atoms with van der Waals surface area (Å²) in [5.74, 6) is -2.25. The summed E-state index contributed by atoms with van der Waals surface area (Å²) in [7, 11) is -4.49. The lowest BCUT2D eigenvalue weighted by Crippen LogP contribution is -2.42. The van der Waals surface area contributed by atoms with Crippen molar-refractivity contribution in [2.24, 2.45) is 0 Å². The monoisotopic (exact) mass is 350 g/mol. The molecule has 0 fully saturated rings. The fraction of sp³-hybridized carbons (Fsp3) is 0.133. The molecule has 0 radical (unpaired) electrons. The number of ether oxygens (including phenoxy) is 1. The number of fused-ring (bicyclic) bond motifs is 3. The van der Waals surface area contributed by atoms with E-state index in [1.165, 1.54) is 30.3 Å². The van der Waals surface area contributed by atoms with E-state index in [1.54, 1.807) is 0 Å². The summed E-state index contributed by atoms with van der Waals surface area (Å²) in [6.45, 7) is 0. The Morgan fingerprint density at radius 2 is 1.62 bits per heavy atom. The molecular weight excluding hydrogens is 340 g/mol. The molecule has 124 valence electrons. The van der Waals surface area contributed by atoms with Gasteiger partial charge in [-0.05, 0) is 17.7 Å². The number of phenolic OH excluding ortho intramolecular Hbond substituents is 2. The van der Waals surface area contributed by atoms with Crippen LogP contribution < -0.4 is 8.92 Å². The highest BCUT2D eigenvalue weighted by Gasteiger charge is 2.46. The number of hydrogen-bond acceptors (Lipinski definition) is 8. The molecule has 2 aromatic rings. The van der Waals surface area contributed by atoms with E-state index in [-0.39, 0.29) is 28.6 Å². The van der Waals surface area contributed by atoms with Gasteiger partial charge in [-0.15, -0.1) is 0 Å². The highest BCUT2D eigenvalue weighted by atomic mass is 32.3. The molecule has 0 saturated heterocycles. The van der Waals surface area contributed by atoms with Gasteiger partial charge >= 0.3 is 10.4 Å². The number of carbonyl (C=O) groups is 1. The van der Waals surface area contributed by atoms with Crippen LogP contribution in [-0.2, 0) is 14.6 Å². The van der Waals surface area contributed by atoms with Crippen molar-refractivity contribution in [1.82, 2.24) is 0 Å². The molecule has 3 heterocycles. The molecule has 2 unspecified atom stereocenters. The van der Waals surface area contributed by atoms with Crippen LogP contribution in [0.2, 0.25) is 0 Å². The Morgan fingerprint density at radius 3 is 2.33 bits per heavy atom. The molecule has 0 spiro atoms. The lowest BCUT2D eigenvalue weighted by molar-refractivity contribution is -0.0237. The zero-order valence-corrected chi connectivity index (χ0v) is 12.7. The first-order valence-corrected chi connectivity index (χ1v) is 8.17. The Bertz CT molecular complexity index is 948. The number of Topliss-reactive ketones (excluding diaryl/α,β-unsaturated/α-hetero) is 1. The number of hydrogen-bond donors (Lipinski definition) is 2. The lowest BCUT2D eigenvalue weighted by Gasteiger charge is -2.34. The normalized spacial score (nSPS) is 23.8. The van der Waals surface area contributed by atoms with Crippen LogP contribution in [0.15, 0.2) is 36.4 Å². The Hall–Kier alpha value is -2.78. The summed E-state index contributed by atoms with van der Waals surface area (Å²) < 4.78 is 38.9. The van der Waals surface area contributed by atoms with Crippen LogP contribution >= 0.6 is 0 Å². The molecule has 0 saturated carbocycles.